The number of aliphatic imine (C=N–C) groups is 1. The molecule has 360 valence electrons. The van der Waals surface area contributed by atoms with Gasteiger partial charge < -0.3 is 35.6 Å². The molecule has 3 aromatic carbocycles. The quantitative estimate of drug-likeness (QED) is 0.0979. The van der Waals surface area contributed by atoms with Crippen molar-refractivity contribution in [3.05, 3.63) is 123 Å². The highest BCUT2D eigenvalue weighted by atomic mass is 32.1. The molecule has 0 radical (unpaired) electrons. The van der Waals surface area contributed by atoms with E-state index in [1.165, 1.54) is 9.80 Å². The third kappa shape index (κ3) is 10.2. The lowest BCUT2D eigenvalue weighted by Crippen LogP contribution is -2.58. The van der Waals surface area contributed by atoms with Gasteiger partial charge in [0.2, 0.25) is 11.8 Å². The van der Waals surface area contributed by atoms with Crippen LogP contribution in [0.4, 0.5) is 4.79 Å². The standard InChI is InChI=1S/C51H58N10O6S2/c1-27-30(4)69-49-41(27)42(55-45(56-50(66)59(9)10)46-58-57-31(5)61(46)49)35-15-13-33(14-16-35)34-19-21-38(22-20-34)67-25-40(63)54-44(51(6,7)8)48(65)60-24-37(62)23-39(60)47(64)53-28(2)32-11-17-36(18-12-32)43-29(3)52-26-68-43/h11-22,26,28,37,39,44-45,62H,23-25H2,1-10H3,(H,53,64)(H,54,63)(H,56,66)/t28-,37+,39-,44?,45?/m0/s1. The molecule has 5 amide bonds. The van der Waals surface area contributed by atoms with Crippen molar-refractivity contribution in [1.82, 2.24) is 45.5 Å². The molecule has 2 unspecified atom stereocenters. The van der Waals surface area contributed by atoms with Crippen LogP contribution in [0.5, 0.6) is 5.75 Å². The molecule has 4 N–H and O–H groups in total. The molecule has 0 spiro atoms. The maximum atomic E-state index is 14.2. The van der Waals surface area contributed by atoms with E-state index in [2.05, 4.69) is 45.0 Å². The second-order valence-electron chi connectivity index (χ2n) is 18.9. The Bertz CT molecular complexity index is 2910. The first-order chi connectivity index (χ1) is 32.8. The number of benzene rings is 3. The van der Waals surface area contributed by atoms with Gasteiger partial charge in [0, 0.05) is 43.1 Å². The Balaban J connectivity index is 0.908. The summed E-state index contributed by atoms with van der Waals surface area (Å²) in [5, 5.41) is 29.4. The second-order valence-corrected chi connectivity index (χ2v) is 21.0. The molecular weight excluding hydrogens is 913 g/mol. The van der Waals surface area contributed by atoms with Crippen molar-refractivity contribution in [1.29, 1.82) is 0 Å². The van der Waals surface area contributed by atoms with Crippen molar-refractivity contribution < 1.29 is 29.0 Å². The fraction of sp³-hybridized carbons (Fsp3) is 0.373. The number of amides is 5. The number of urea groups is 1. The SMILES string of the molecule is Cc1ncsc1-c1ccc([C@H](C)NC(=O)[C@@H]2C[C@@H](O)CN2C(=O)C(NC(=O)COc2ccc(-c3ccc(C4=NC(NC(=O)N(C)C)c5nnc(C)n5-c5sc(C)c(C)c54)cc3)cc2)C(C)(C)C)cc1. The first-order valence-electron chi connectivity index (χ1n) is 22.8. The van der Waals surface area contributed by atoms with Gasteiger partial charge in [-0.2, -0.15) is 0 Å². The van der Waals surface area contributed by atoms with Gasteiger partial charge in [0.1, 0.15) is 28.7 Å². The molecule has 1 fully saturated rings. The Kier molecular flexibility index (Phi) is 13.9. The van der Waals surface area contributed by atoms with E-state index in [9.17, 15) is 24.3 Å². The van der Waals surface area contributed by atoms with Gasteiger partial charge in [-0.15, -0.1) is 32.9 Å². The number of aliphatic hydroxyl groups is 1. The van der Waals surface area contributed by atoms with Crippen LogP contribution in [0.25, 0.3) is 26.6 Å². The number of carbonyl (C=O) groups excluding carboxylic acids is 4. The number of fused-ring (bicyclic) bond motifs is 3. The minimum atomic E-state index is -1.01. The maximum Gasteiger partial charge on any atom is 0.318 e. The van der Waals surface area contributed by atoms with E-state index in [1.807, 2.05) is 112 Å². The number of aryl methyl sites for hydroxylation is 3. The first-order valence-corrected chi connectivity index (χ1v) is 24.5. The molecule has 2 aliphatic heterocycles. The van der Waals surface area contributed by atoms with Crippen LogP contribution in [0.2, 0.25) is 0 Å². The van der Waals surface area contributed by atoms with E-state index in [-0.39, 0.29) is 37.6 Å². The predicted molar refractivity (Wildman–Crippen MR) is 268 cm³/mol. The minimum absolute atomic E-state index is 0.0344. The molecule has 69 heavy (non-hydrogen) atoms. The average Bonchev–Trinajstić information content (AvgIpc) is 4.09. The molecule has 18 heteroatoms. The lowest BCUT2D eigenvalue weighted by Gasteiger charge is -2.35. The molecule has 5 heterocycles. The van der Waals surface area contributed by atoms with Crippen LogP contribution >= 0.6 is 22.7 Å². The topological polar surface area (TPSA) is 196 Å². The monoisotopic (exact) mass is 970 g/mol. The number of hydrogen-bond donors (Lipinski definition) is 4. The Morgan fingerprint density at radius 1 is 0.884 bits per heavy atom. The third-order valence-electron chi connectivity index (χ3n) is 12.6. The number of carbonyl (C=O) groups is 4. The number of aliphatic hydroxyl groups excluding tert-OH is 1. The van der Waals surface area contributed by atoms with Crippen LogP contribution in [0, 0.1) is 33.1 Å². The lowest BCUT2D eigenvalue weighted by molar-refractivity contribution is -0.144. The molecule has 8 rings (SSSR count). The van der Waals surface area contributed by atoms with E-state index in [4.69, 9.17) is 9.73 Å². The number of rotatable bonds is 12. The molecule has 5 atom stereocenters. The number of hydrogen-bond acceptors (Lipinski definition) is 12. The molecule has 0 aliphatic carbocycles. The summed E-state index contributed by atoms with van der Waals surface area (Å²) in [6.45, 7) is 15.0. The Labute approximate surface area is 409 Å². The Morgan fingerprint density at radius 3 is 2.14 bits per heavy atom. The van der Waals surface area contributed by atoms with Crippen molar-refractivity contribution in [2.75, 3.05) is 27.2 Å². The minimum Gasteiger partial charge on any atom is -0.484 e. The number of ether oxygens (including phenoxy) is 1. The summed E-state index contributed by atoms with van der Waals surface area (Å²) in [6.07, 6.45) is -1.60. The van der Waals surface area contributed by atoms with Crippen molar-refractivity contribution in [2.45, 2.75) is 92.2 Å². The number of nitrogens with zero attached hydrogens (tertiary/aromatic N) is 7. The lowest BCUT2D eigenvalue weighted by atomic mass is 9.85. The molecule has 6 aromatic rings. The van der Waals surface area contributed by atoms with Gasteiger partial charge in [0.25, 0.3) is 5.91 Å². The van der Waals surface area contributed by atoms with Crippen LogP contribution in [0.1, 0.15) is 90.8 Å². The Morgan fingerprint density at radius 2 is 1.52 bits per heavy atom. The summed E-state index contributed by atoms with van der Waals surface area (Å²) in [5.41, 5.74) is 9.50. The molecule has 16 nitrogen and oxygen atoms in total. The highest BCUT2D eigenvalue weighted by molar-refractivity contribution is 7.15. The van der Waals surface area contributed by atoms with E-state index < -0.39 is 41.6 Å². The fourth-order valence-electron chi connectivity index (χ4n) is 8.60. The molecule has 0 saturated carbocycles. The number of aromatic nitrogens is 4. The van der Waals surface area contributed by atoms with Gasteiger partial charge in [-0.25, -0.2) is 9.78 Å². The predicted octanol–water partition coefficient (Wildman–Crippen LogP) is 7.22. The molecular formula is C51H58N10O6S2. The summed E-state index contributed by atoms with van der Waals surface area (Å²) >= 11 is 3.21. The van der Waals surface area contributed by atoms with Crippen molar-refractivity contribution in [3.63, 3.8) is 0 Å². The van der Waals surface area contributed by atoms with E-state index in [0.717, 1.165) is 65.1 Å². The molecule has 1 saturated heterocycles. The first kappa shape index (κ1) is 48.7. The van der Waals surface area contributed by atoms with Gasteiger partial charge >= 0.3 is 6.03 Å². The van der Waals surface area contributed by atoms with Crippen LogP contribution in [-0.2, 0) is 14.4 Å². The third-order valence-corrected chi connectivity index (χ3v) is 14.8. The Hall–Kier alpha value is -6.76. The zero-order valence-corrected chi connectivity index (χ0v) is 42.1. The molecule has 2 aliphatic rings. The number of likely N-dealkylation sites (tertiary alicyclic amines) is 1. The number of nitrogens with one attached hydrogen (secondary N) is 3. The number of thiazole rings is 1. The van der Waals surface area contributed by atoms with Gasteiger partial charge in [-0.05, 0) is 80.0 Å². The van der Waals surface area contributed by atoms with Crippen LogP contribution < -0.4 is 20.7 Å². The van der Waals surface area contributed by atoms with Crippen molar-refractivity contribution >= 4 is 52.1 Å². The van der Waals surface area contributed by atoms with Crippen LogP contribution in [0.15, 0.2) is 83.3 Å². The van der Waals surface area contributed by atoms with E-state index in [1.54, 1.807) is 48.9 Å². The van der Waals surface area contributed by atoms with Crippen LogP contribution in [0.3, 0.4) is 0 Å². The average molecular weight is 971 g/mol. The van der Waals surface area contributed by atoms with E-state index in [0.29, 0.717) is 17.4 Å². The highest BCUT2D eigenvalue weighted by Gasteiger charge is 2.45. The van der Waals surface area contributed by atoms with Gasteiger partial charge in [-0.1, -0.05) is 81.4 Å². The smallest absolute Gasteiger partial charge is 0.318 e. The van der Waals surface area contributed by atoms with Crippen LogP contribution in [-0.4, -0.2) is 110 Å². The number of thiophene rings is 1. The van der Waals surface area contributed by atoms with Crippen molar-refractivity contribution in [2.24, 2.45) is 10.4 Å². The summed E-state index contributed by atoms with van der Waals surface area (Å²) in [5.74, 6) is 0.348. The van der Waals surface area contributed by atoms with Crippen molar-refractivity contribution in [3.8, 4) is 32.3 Å². The summed E-state index contributed by atoms with van der Waals surface area (Å²) in [7, 11) is 3.35. The summed E-state index contributed by atoms with van der Waals surface area (Å²) in [4.78, 5) is 68.9. The van der Waals surface area contributed by atoms with Gasteiger partial charge in [0.15, 0.2) is 18.6 Å². The van der Waals surface area contributed by atoms with Gasteiger partial charge in [-0.3, -0.25) is 23.9 Å². The number of β-amino-alcohol motifs (C(OH)–C–C–N with tert-alkyl or cyclic N) is 1. The summed E-state index contributed by atoms with van der Waals surface area (Å²) < 4.78 is 7.89. The maximum absolute atomic E-state index is 14.2. The highest BCUT2D eigenvalue weighted by Crippen LogP contribution is 2.39. The fourth-order valence-corrected chi connectivity index (χ4v) is 10.6. The molecule has 3 aromatic heterocycles. The van der Waals surface area contributed by atoms with E-state index >= 15 is 0 Å². The zero-order chi connectivity index (χ0) is 49.5. The van der Waals surface area contributed by atoms with Gasteiger partial charge in [0.05, 0.1) is 33.9 Å². The largest absolute Gasteiger partial charge is 0.484 e. The normalized spacial score (nSPS) is 17.5. The summed E-state index contributed by atoms with van der Waals surface area (Å²) in [6, 6.07) is 20.8. The molecule has 0 bridgehead atoms. The zero-order valence-electron chi connectivity index (χ0n) is 40.4. The second kappa shape index (κ2) is 19.7.